The highest BCUT2D eigenvalue weighted by atomic mass is 16.6. The fraction of sp³-hybridized carbons (Fsp3) is 0.154. The van der Waals surface area contributed by atoms with E-state index in [9.17, 15) is 14.9 Å². The number of furan rings is 1. The van der Waals surface area contributed by atoms with Crippen LogP contribution >= 0.6 is 0 Å². The minimum Gasteiger partial charge on any atom is -0.478 e. The van der Waals surface area contributed by atoms with Gasteiger partial charge in [0.05, 0.1) is 17.0 Å². The maximum atomic E-state index is 10.9. The number of nitrogens with one attached hydrogen (secondary N) is 1. The van der Waals surface area contributed by atoms with Gasteiger partial charge in [-0.3, -0.25) is 10.1 Å². The van der Waals surface area contributed by atoms with E-state index >= 15 is 0 Å². The summed E-state index contributed by atoms with van der Waals surface area (Å²) < 4.78 is 5.06. The number of nitro benzene ring substituents is 1. The summed E-state index contributed by atoms with van der Waals surface area (Å²) in [6, 6.07) is 6.19. The number of hydrogen-bond acceptors (Lipinski definition) is 5. The van der Waals surface area contributed by atoms with Gasteiger partial charge in [0.1, 0.15) is 17.7 Å². The van der Waals surface area contributed by atoms with E-state index in [0.29, 0.717) is 11.4 Å². The van der Waals surface area contributed by atoms with Gasteiger partial charge in [0.2, 0.25) is 0 Å². The van der Waals surface area contributed by atoms with E-state index in [0.717, 1.165) is 11.8 Å². The van der Waals surface area contributed by atoms with E-state index in [4.69, 9.17) is 9.52 Å². The van der Waals surface area contributed by atoms with E-state index in [1.54, 1.807) is 19.1 Å². The van der Waals surface area contributed by atoms with Crippen molar-refractivity contribution in [3.8, 4) is 0 Å². The number of carboxylic acid groups (broad SMARTS) is 1. The van der Waals surface area contributed by atoms with Gasteiger partial charge in [0, 0.05) is 6.07 Å². The maximum absolute atomic E-state index is 10.9. The largest absolute Gasteiger partial charge is 0.478 e. The molecule has 0 atom stereocenters. The average Bonchev–Trinajstić information content (AvgIpc) is 2.86. The second-order valence-corrected chi connectivity index (χ2v) is 4.24. The highest BCUT2D eigenvalue weighted by Gasteiger charge is 2.14. The van der Waals surface area contributed by atoms with Gasteiger partial charge in [-0.25, -0.2) is 4.79 Å². The molecule has 1 aromatic carbocycles. The summed E-state index contributed by atoms with van der Waals surface area (Å²) in [4.78, 5) is 21.2. The molecule has 7 heteroatoms. The van der Waals surface area contributed by atoms with E-state index in [-0.39, 0.29) is 17.8 Å². The monoisotopic (exact) mass is 276 g/mol. The molecule has 7 nitrogen and oxygen atoms in total. The van der Waals surface area contributed by atoms with Crippen LogP contribution < -0.4 is 5.32 Å². The number of rotatable bonds is 5. The van der Waals surface area contributed by atoms with Crippen molar-refractivity contribution in [2.75, 3.05) is 5.32 Å². The number of hydrogen-bond donors (Lipinski definition) is 2. The number of benzene rings is 1. The second-order valence-electron chi connectivity index (χ2n) is 4.24. The number of nitrogens with zero attached hydrogens (tertiary/aromatic N) is 1. The molecule has 0 aliphatic rings. The van der Waals surface area contributed by atoms with Gasteiger partial charge < -0.3 is 14.8 Å². The summed E-state index contributed by atoms with van der Waals surface area (Å²) in [5, 5.41) is 22.6. The predicted molar refractivity (Wildman–Crippen MR) is 70.8 cm³/mol. The molecule has 1 aromatic heterocycles. The summed E-state index contributed by atoms with van der Waals surface area (Å²) in [5.41, 5.74) is 1.15. The molecule has 104 valence electrons. The van der Waals surface area contributed by atoms with E-state index in [2.05, 4.69) is 5.32 Å². The fourth-order valence-corrected chi connectivity index (χ4v) is 1.71. The van der Waals surface area contributed by atoms with Crippen LogP contribution in [0.5, 0.6) is 0 Å². The van der Waals surface area contributed by atoms with Crippen molar-refractivity contribution in [3.05, 3.63) is 57.5 Å². The van der Waals surface area contributed by atoms with Crippen LogP contribution in [0.2, 0.25) is 0 Å². The van der Waals surface area contributed by atoms with Crippen LogP contribution in [0.1, 0.15) is 21.7 Å². The molecule has 0 saturated heterocycles. The zero-order chi connectivity index (χ0) is 14.7. The summed E-state index contributed by atoms with van der Waals surface area (Å²) >= 11 is 0. The van der Waals surface area contributed by atoms with Crippen molar-refractivity contribution < 1.29 is 19.2 Å². The van der Waals surface area contributed by atoms with Crippen LogP contribution in [0.25, 0.3) is 0 Å². The first-order chi connectivity index (χ1) is 9.47. The Morgan fingerprint density at radius 2 is 2.20 bits per heavy atom. The molecule has 0 spiro atoms. The number of carboxylic acids is 1. The van der Waals surface area contributed by atoms with Crippen molar-refractivity contribution in [2.45, 2.75) is 13.5 Å². The lowest BCUT2D eigenvalue weighted by Crippen LogP contribution is -2.02. The maximum Gasteiger partial charge on any atom is 0.338 e. The molecule has 0 amide bonds. The normalized spacial score (nSPS) is 10.2. The first-order valence-electron chi connectivity index (χ1n) is 5.77. The molecule has 2 N–H and O–H groups in total. The SMILES string of the molecule is Cc1ccc(NCc2cc(C(=O)O)co2)c([N+](=O)[O-])c1. The minimum atomic E-state index is -1.08. The van der Waals surface area contributed by atoms with Crippen molar-refractivity contribution in [2.24, 2.45) is 0 Å². The number of anilines is 1. The third-order valence-corrected chi connectivity index (χ3v) is 2.70. The molecule has 1 heterocycles. The molecule has 0 radical (unpaired) electrons. The lowest BCUT2D eigenvalue weighted by molar-refractivity contribution is -0.384. The van der Waals surface area contributed by atoms with E-state index < -0.39 is 10.9 Å². The Balaban J connectivity index is 2.14. The number of aromatic carboxylic acids is 1. The molecule has 0 saturated carbocycles. The number of carbonyl (C=O) groups is 1. The van der Waals surface area contributed by atoms with Crippen LogP contribution in [0, 0.1) is 17.0 Å². The highest BCUT2D eigenvalue weighted by molar-refractivity contribution is 5.87. The molecule has 20 heavy (non-hydrogen) atoms. The Labute approximate surface area is 114 Å². The molecule has 2 rings (SSSR count). The summed E-state index contributed by atoms with van der Waals surface area (Å²) in [7, 11) is 0. The van der Waals surface area contributed by atoms with Gasteiger partial charge in [0.15, 0.2) is 0 Å². The molecular weight excluding hydrogens is 264 g/mol. The molecule has 0 bridgehead atoms. The Morgan fingerprint density at radius 1 is 1.45 bits per heavy atom. The topological polar surface area (TPSA) is 106 Å². The Hall–Kier alpha value is -2.83. The van der Waals surface area contributed by atoms with Crippen molar-refractivity contribution in [1.82, 2.24) is 0 Å². The highest BCUT2D eigenvalue weighted by Crippen LogP contribution is 2.25. The average molecular weight is 276 g/mol. The Morgan fingerprint density at radius 3 is 2.80 bits per heavy atom. The van der Waals surface area contributed by atoms with Gasteiger partial charge in [-0.1, -0.05) is 6.07 Å². The Bertz CT molecular complexity index is 663. The van der Waals surface area contributed by atoms with Crippen molar-refractivity contribution in [3.63, 3.8) is 0 Å². The molecule has 0 aliphatic heterocycles. The standard InChI is InChI=1S/C13H12N2O5/c1-8-2-3-11(12(4-8)15(18)19)14-6-10-5-9(7-20-10)13(16)17/h2-5,7,14H,6H2,1H3,(H,16,17). The zero-order valence-electron chi connectivity index (χ0n) is 10.6. The smallest absolute Gasteiger partial charge is 0.338 e. The van der Waals surface area contributed by atoms with Gasteiger partial charge in [-0.2, -0.15) is 0 Å². The van der Waals surface area contributed by atoms with Crippen LogP contribution in [-0.2, 0) is 6.54 Å². The number of aryl methyl sites for hydroxylation is 1. The van der Waals surface area contributed by atoms with Gasteiger partial charge in [0.25, 0.3) is 5.69 Å². The number of nitro groups is 1. The predicted octanol–water partition coefficient (Wildman–Crippen LogP) is 2.81. The lowest BCUT2D eigenvalue weighted by Gasteiger charge is -2.05. The fourth-order valence-electron chi connectivity index (χ4n) is 1.71. The van der Waals surface area contributed by atoms with Crippen LogP contribution in [0.15, 0.2) is 34.9 Å². The van der Waals surface area contributed by atoms with E-state index in [1.807, 2.05) is 0 Å². The van der Waals surface area contributed by atoms with Gasteiger partial charge in [-0.15, -0.1) is 0 Å². The third-order valence-electron chi connectivity index (χ3n) is 2.70. The quantitative estimate of drug-likeness (QED) is 0.642. The molecule has 0 aliphatic carbocycles. The lowest BCUT2D eigenvalue weighted by atomic mass is 10.2. The van der Waals surface area contributed by atoms with Gasteiger partial charge in [-0.05, 0) is 24.6 Å². The molecule has 0 fully saturated rings. The summed E-state index contributed by atoms with van der Waals surface area (Å²) in [6.07, 6.45) is 1.13. The van der Waals surface area contributed by atoms with Crippen LogP contribution in [-0.4, -0.2) is 16.0 Å². The third kappa shape index (κ3) is 2.94. The summed E-state index contributed by atoms with van der Waals surface area (Å²) in [6.45, 7) is 1.93. The van der Waals surface area contributed by atoms with Crippen LogP contribution in [0.3, 0.4) is 0 Å². The second kappa shape index (κ2) is 5.43. The first-order valence-corrected chi connectivity index (χ1v) is 5.77. The van der Waals surface area contributed by atoms with Crippen LogP contribution in [0.4, 0.5) is 11.4 Å². The van der Waals surface area contributed by atoms with E-state index in [1.165, 1.54) is 12.1 Å². The minimum absolute atomic E-state index is 0.0324. The Kier molecular flexibility index (Phi) is 3.69. The molecule has 0 unspecified atom stereocenters. The zero-order valence-corrected chi connectivity index (χ0v) is 10.6. The molecule has 2 aromatic rings. The summed E-state index contributed by atoms with van der Waals surface area (Å²) in [5.74, 6) is -0.696. The van der Waals surface area contributed by atoms with Crippen molar-refractivity contribution in [1.29, 1.82) is 0 Å². The van der Waals surface area contributed by atoms with Crippen molar-refractivity contribution >= 4 is 17.3 Å². The first kappa shape index (κ1) is 13.6. The van der Waals surface area contributed by atoms with Gasteiger partial charge >= 0.3 is 5.97 Å². The molecular formula is C13H12N2O5.